The van der Waals surface area contributed by atoms with Crippen molar-refractivity contribution in [2.45, 2.75) is 5.41 Å². The van der Waals surface area contributed by atoms with Gasteiger partial charge in [0.1, 0.15) is 0 Å². The molecule has 0 bridgehead atoms. The SMILES string of the molecule is c1ccc(-c2ccc(-n3c4ccc(C5(c6ccccc6)c6ccccc6-c6ccccc65)cc4c4ccc(-c5ccc6c(c5)c5ccccc5n6-c5ccccc5)cc43)cc2)cc1. The molecule has 2 heterocycles. The normalized spacial score (nSPS) is 12.9. The zero-order valence-electron chi connectivity index (χ0n) is 34.5. The summed E-state index contributed by atoms with van der Waals surface area (Å²) >= 11 is 0. The Balaban J connectivity index is 1.05. The zero-order valence-corrected chi connectivity index (χ0v) is 34.5. The lowest BCUT2D eigenvalue weighted by Gasteiger charge is -2.34. The van der Waals surface area contributed by atoms with Gasteiger partial charge in [0.15, 0.2) is 0 Å². The highest BCUT2D eigenvalue weighted by Crippen LogP contribution is 2.56. The molecule has 0 amide bonds. The molecule has 2 heteroatoms. The fraction of sp³-hybridized carbons (Fsp3) is 0.0164. The van der Waals surface area contributed by atoms with Gasteiger partial charge in [0, 0.05) is 32.9 Å². The highest BCUT2D eigenvalue weighted by atomic mass is 15.0. The minimum Gasteiger partial charge on any atom is -0.309 e. The lowest BCUT2D eigenvalue weighted by atomic mass is 9.67. The Bertz CT molecular complexity index is 3660. The van der Waals surface area contributed by atoms with Gasteiger partial charge in [-0.25, -0.2) is 0 Å². The lowest BCUT2D eigenvalue weighted by Crippen LogP contribution is -2.28. The van der Waals surface area contributed by atoms with Crippen LogP contribution < -0.4 is 0 Å². The number of hydrogen-bond donors (Lipinski definition) is 0. The molecule has 2 aromatic heterocycles. The van der Waals surface area contributed by atoms with Crippen molar-refractivity contribution in [1.29, 1.82) is 0 Å². The minimum absolute atomic E-state index is 0.483. The summed E-state index contributed by atoms with van der Waals surface area (Å²) in [5, 5.41) is 4.96. The number of benzene rings is 10. The second kappa shape index (κ2) is 13.9. The molecule has 0 saturated heterocycles. The molecule has 63 heavy (non-hydrogen) atoms. The molecule has 10 aromatic carbocycles. The molecule has 0 spiro atoms. The Hall–Kier alpha value is -8.20. The van der Waals surface area contributed by atoms with E-state index >= 15 is 0 Å². The van der Waals surface area contributed by atoms with Gasteiger partial charge >= 0.3 is 0 Å². The number of rotatable bonds is 6. The third-order valence-corrected chi connectivity index (χ3v) is 13.6. The quantitative estimate of drug-likeness (QED) is 0.159. The average molecular weight is 801 g/mol. The van der Waals surface area contributed by atoms with Crippen molar-refractivity contribution >= 4 is 43.6 Å². The van der Waals surface area contributed by atoms with E-state index in [2.05, 4.69) is 252 Å². The van der Waals surface area contributed by atoms with E-state index in [1.54, 1.807) is 0 Å². The molecule has 12 aromatic rings. The highest BCUT2D eigenvalue weighted by Gasteiger charge is 2.46. The first-order chi connectivity index (χ1) is 31.3. The van der Waals surface area contributed by atoms with Crippen LogP contribution in [0.25, 0.3) is 88.4 Å². The first-order valence-corrected chi connectivity index (χ1v) is 21.8. The van der Waals surface area contributed by atoms with Crippen molar-refractivity contribution in [1.82, 2.24) is 9.13 Å². The Labute approximate surface area is 366 Å². The Morgan fingerprint density at radius 1 is 0.254 bits per heavy atom. The molecule has 1 aliphatic rings. The summed E-state index contributed by atoms with van der Waals surface area (Å²) in [4.78, 5) is 0. The van der Waals surface area contributed by atoms with E-state index < -0.39 is 5.41 Å². The number of hydrogen-bond acceptors (Lipinski definition) is 0. The highest BCUT2D eigenvalue weighted by molar-refractivity contribution is 6.13. The standard InChI is InChI=1S/C61H40N2/c1-4-16-41(17-5-1)42-28-33-48(34-29-42)63-59-37-32-46(61(45-18-6-2-7-19-45)55-25-13-10-22-49(55)50-23-11-14-26-56(50)61)40-54(59)52-35-30-44(39-60(52)63)43-31-36-58-53(38-43)51-24-12-15-27-57(51)62(58)47-20-8-3-9-21-47/h1-40H. The number of para-hydroxylation sites is 2. The fourth-order valence-corrected chi connectivity index (χ4v) is 10.9. The van der Waals surface area contributed by atoms with Gasteiger partial charge in [-0.3, -0.25) is 0 Å². The van der Waals surface area contributed by atoms with Crippen LogP contribution in [0.2, 0.25) is 0 Å². The molecule has 0 N–H and O–H groups in total. The molecule has 0 radical (unpaired) electrons. The van der Waals surface area contributed by atoms with E-state index in [1.165, 1.54) is 105 Å². The summed E-state index contributed by atoms with van der Waals surface area (Å²) in [7, 11) is 0. The van der Waals surface area contributed by atoms with Crippen molar-refractivity contribution in [2.24, 2.45) is 0 Å². The number of aromatic nitrogens is 2. The second-order valence-corrected chi connectivity index (χ2v) is 16.8. The van der Waals surface area contributed by atoms with Gasteiger partial charge in [0.05, 0.1) is 27.5 Å². The number of fused-ring (bicyclic) bond motifs is 9. The van der Waals surface area contributed by atoms with Crippen molar-refractivity contribution in [2.75, 3.05) is 0 Å². The molecular weight excluding hydrogens is 761 g/mol. The van der Waals surface area contributed by atoms with Crippen LogP contribution in [0.15, 0.2) is 243 Å². The van der Waals surface area contributed by atoms with Crippen LogP contribution >= 0.6 is 0 Å². The van der Waals surface area contributed by atoms with Gasteiger partial charge in [-0.2, -0.15) is 0 Å². The maximum absolute atomic E-state index is 2.49. The van der Waals surface area contributed by atoms with Gasteiger partial charge in [0.2, 0.25) is 0 Å². The van der Waals surface area contributed by atoms with Gasteiger partial charge in [-0.05, 0) is 116 Å². The van der Waals surface area contributed by atoms with E-state index in [4.69, 9.17) is 0 Å². The smallest absolute Gasteiger partial charge is 0.0713 e. The first kappa shape index (κ1) is 35.5. The predicted molar refractivity (Wildman–Crippen MR) is 263 cm³/mol. The summed E-state index contributed by atoms with van der Waals surface area (Å²) in [6.07, 6.45) is 0. The zero-order chi connectivity index (χ0) is 41.5. The molecule has 2 nitrogen and oxygen atoms in total. The maximum atomic E-state index is 2.49. The molecule has 0 atom stereocenters. The monoisotopic (exact) mass is 800 g/mol. The van der Waals surface area contributed by atoms with Crippen LogP contribution in [0.4, 0.5) is 0 Å². The van der Waals surface area contributed by atoms with Crippen molar-refractivity contribution < 1.29 is 0 Å². The van der Waals surface area contributed by atoms with Crippen LogP contribution in [0.1, 0.15) is 22.3 Å². The van der Waals surface area contributed by atoms with Crippen molar-refractivity contribution in [3.05, 3.63) is 265 Å². The average Bonchev–Trinajstić information content (AvgIpc) is 3.98. The van der Waals surface area contributed by atoms with Crippen LogP contribution in [0.3, 0.4) is 0 Å². The molecule has 0 fully saturated rings. The van der Waals surface area contributed by atoms with Crippen molar-refractivity contribution in [3.8, 4) is 44.8 Å². The molecule has 0 saturated carbocycles. The summed E-state index contributed by atoms with van der Waals surface area (Å²) in [5.41, 5.74) is 19.2. The fourth-order valence-electron chi connectivity index (χ4n) is 10.9. The van der Waals surface area contributed by atoms with Crippen LogP contribution in [0, 0.1) is 0 Å². The minimum atomic E-state index is -0.483. The second-order valence-electron chi connectivity index (χ2n) is 16.8. The van der Waals surface area contributed by atoms with Crippen molar-refractivity contribution in [3.63, 3.8) is 0 Å². The largest absolute Gasteiger partial charge is 0.309 e. The Morgan fingerprint density at radius 3 is 1.46 bits per heavy atom. The van der Waals surface area contributed by atoms with E-state index in [0.29, 0.717) is 0 Å². The van der Waals surface area contributed by atoms with E-state index in [9.17, 15) is 0 Å². The Morgan fingerprint density at radius 2 is 0.730 bits per heavy atom. The van der Waals surface area contributed by atoms with Gasteiger partial charge in [0.25, 0.3) is 0 Å². The molecule has 294 valence electrons. The first-order valence-electron chi connectivity index (χ1n) is 21.8. The summed E-state index contributed by atoms with van der Waals surface area (Å²) in [6, 6.07) is 89.6. The summed E-state index contributed by atoms with van der Waals surface area (Å²) < 4.78 is 4.85. The van der Waals surface area contributed by atoms with Gasteiger partial charge in [-0.1, -0.05) is 182 Å². The van der Waals surface area contributed by atoms with E-state index in [0.717, 1.165) is 5.69 Å². The summed E-state index contributed by atoms with van der Waals surface area (Å²) in [5.74, 6) is 0. The topological polar surface area (TPSA) is 9.86 Å². The third-order valence-electron chi connectivity index (χ3n) is 13.6. The van der Waals surface area contributed by atoms with Crippen LogP contribution in [-0.4, -0.2) is 9.13 Å². The Kier molecular flexibility index (Phi) is 7.85. The molecule has 0 aliphatic heterocycles. The predicted octanol–water partition coefficient (Wildman–Crippen LogP) is 15.6. The third kappa shape index (κ3) is 5.25. The number of nitrogens with zero attached hydrogens (tertiary/aromatic N) is 2. The van der Waals surface area contributed by atoms with Gasteiger partial charge in [-0.15, -0.1) is 0 Å². The molecule has 0 unspecified atom stereocenters. The molecule has 13 rings (SSSR count). The maximum Gasteiger partial charge on any atom is 0.0713 e. The summed E-state index contributed by atoms with van der Waals surface area (Å²) in [6.45, 7) is 0. The van der Waals surface area contributed by atoms with Crippen LogP contribution in [-0.2, 0) is 5.41 Å². The van der Waals surface area contributed by atoms with Gasteiger partial charge < -0.3 is 9.13 Å². The lowest BCUT2D eigenvalue weighted by molar-refractivity contribution is 0.770. The molecule has 1 aliphatic carbocycles. The van der Waals surface area contributed by atoms with Crippen LogP contribution in [0.5, 0.6) is 0 Å². The molecular formula is C61H40N2. The van der Waals surface area contributed by atoms with E-state index in [-0.39, 0.29) is 0 Å². The van der Waals surface area contributed by atoms with E-state index in [1.807, 2.05) is 0 Å².